The average molecular weight is 117 g/mol. The summed E-state index contributed by atoms with van der Waals surface area (Å²) in [7, 11) is 0. The Balaban J connectivity index is 3.40. The lowest BCUT2D eigenvalue weighted by Crippen LogP contribution is -2.19. The smallest absolute Gasteiger partial charge is 0.229 e. The topological polar surface area (TPSA) is 58.6 Å². The van der Waals surface area contributed by atoms with Gasteiger partial charge in [0.2, 0.25) is 11.8 Å². The quantitative estimate of drug-likeness (QED) is 0.306. The van der Waals surface area contributed by atoms with Gasteiger partial charge >= 0.3 is 0 Å². The molecule has 0 bridgehead atoms. The van der Waals surface area contributed by atoms with Gasteiger partial charge in [-0.3, -0.25) is 10.1 Å². The van der Waals surface area contributed by atoms with Crippen molar-refractivity contribution in [2.45, 2.75) is 6.92 Å². The zero-order chi connectivity index (χ0) is 6.57. The van der Waals surface area contributed by atoms with Gasteiger partial charge in [-0.1, -0.05) is 0 Å². The molecule has 0 rings (SSSR count). The van der Waals surface area contributed by atoms with Crippen molar-refractivity contribution in [1.82, 2.24) is 5.32 Å². The zero-order valence-electron chi connectivity index (χ0n) is 4.47. The fourth-order valence-electron chi connectivity index (χ4n) is 0.219. The highest BCUT2D eigenvalue weighted by Gasteiger charge is 1.92. The van der Waals surface area contributed by atoms with Crippen molar-refractivity contribution in [3.63, 3.8) is 0 Å². The molecule has 0 spiro atoms. The van der Waals surface area contributed by atoms with E-state index in [1.54, 1.807) is 0 Å². The molecule has 0 atom stereocenters. The summed E-state index contributed by atoms with van der Waals surface area (Å²) in [6.07, 6.45) is 0. The second kappa shape index (κ2) is 3.04. The van der Waals surface area contributed by atoms with Crippen molar-refractivity contribution < 1.29 is 14.9 Å². The first-order chi connectivity index (χ1) is 3.66. The maximum Gasteiger partial charge on any atom is 0.229 e. The van der Waals surface area contributed by atoms with Crippen LogP contribution in [0.4, 0.5) is 0 Å². The van der Waals surface area contributed by atoms with Gasteiger partial charge in [0.15, 0.2) is 0 Å². The van der Waals surface area contributed by atoms with Crippen LogP contribution in [0.15, 0.2) is 12.5 Å². The molecule has 8 heavy (non-hydrogen) atoms. The third-order valence-electron chi connectivity index (χ3n) is 0.426. The van der Waals surface area contributed by atoms with Crippen LogP contribution in [0.25, 0.3) is 0 Å². The molecule has 0 saturated heterocycles. The van der Waals surface area contributed by atoms with E-state index in [9.17, 15) is 4.79 Å². The van der Waals surface area contributed by atoms with Crippen molar-refractivity contribution in [2.24, 2.45) is 0 Å². The standard InChI is InChI=1S/C4H7NO3/c1-3(6)5-4(2)8-7/h7H,2H2,1H3,(H,5,6). The first-order valence-electron chi connectivity index (χ1n) is 1.94. The van der Waals surface area contributed by atoms with E-state index in [0.29, 0.717) is 0 Å². The van der Waals surface area contributed by atoms with Gasteiger partial charge in [-0.05, 0) is 6.58 Å². The number of carbonyl (C=O) groups excluding carboxylic acids is 1. The zero-order valence-corrected chi connectivity index (χ0v) is 4.47. The van der Waals surface area contributed by atoms with Crippen molar-refractivity contribution in [3.8, 4) is 0 Å². The van der Waals surface area contributed by atoms with E-state index < -0.39 is 0 Å². The summed E-state index contributed by atoms with van der Waals surface area (Å²) in [5.74, 6) is -0.499. The number of amides is 1. The lowest BCUT2D eigenvalue weighted by Gasteiger charge is -1.98. The Kier molecular flexibility index (Phi) is 2.64. The SMILES string of the molecule is C=C(NC(C)=O)OO. The molecule has 0 unspecified atom stereocenters. The van der Waals surface area contributed by atoms with E-state index in [1.165, 1.54) is 6.92 Å². The highest BCUT2D eigenvalue weighted by atomic mass is 17.1. The molecule has 0 heterocycles. The van der Waals surface area contributed by atoms with Crippen molar-refractivity contribution in [3.05, 3.63) is 12.5 Å². The first kappa shape index (κ1) is 6.97. The van der Waals surface area contributed by atoms with E-state index in [0.717, 1.165) is 0 Å². The molecule has 0 aromatic carbocycles. The summed E-state index contributed by atoms with van der Waals surface area (Å²) in [6, 6.07) is 0. The van der Waals surface area contributed by atoms with Gasteiger partial charge in [-0.2, -0.15) is 0 Å². The van der Waals surface area contributed by atoms with Crippen LogP contribution in [0, 0.1) is 0 Å². The summed E-state index contributed by atoms with van der Waals surface area (Å²) < 4.78 is 0. The Morgan fingerprint density at radius 1 is 1.88 bits per heavy atom. The monoisotopic (exact) mass is 117 g/mol. The molecule has 0 aromatic heterocycles. The van der Waals surface area contributed by atoms with Crippen molar-refractivity contribution in [2.75, 3.05) is 0 Å². The molecule has 0 radical (unpaired) electrons. The van der Waals surface area contributed by atoms with E-state index >= 15 is 0 Å². The first-order valence-corrected chi connectivity index (χ1v) is 1.94. The van der Waals surface area contributed by atoms with Gasteiger partial charge in [0.1, 0.15) is 0 Å². The molecule has 46 valence electrons. The summed E-state index contributed by atoms with van der Waals surface area (Å²) in [4.78, 5) is 13.6. The number of hydrogen-bond donors (Lipinski definition) is 2. The summed E-state index contributed by atoms with van der Waals surface area (Å²) in [5.41, 5.74) is 0. The Labute approximate surface area is 46.7 Å². The highest BCUT2D eigenvalue weighted by Crippen LogP contribution is 1.79. The van der Waals surface area contributed by atoms with E-state index in [1.807, 2.05) is 0 Å². The maximum atomic E-state index is 10.0. The van der Waals surface area contributed by atoms with Gasteiger partial charge < -0.3 is 4.89 Å². The minimum absolute atomic E-state index is 0.169. The molecule has 0 saturated carbocycles. The molecule has 0 fully saturated rings. The molecule has 0 aromatic rings. The number of carbonyl (C=O) groups is 1. The van der Waals surface area contributed by atoms with Crippen LogP contribution in [-0.4, -0.2) is 11.2 Å². The van der Waals surface area contributed by atoms with Crippen molar-refractivity contribution in [1.29, 1.82) is 0 Å². The van der Waals surface area contributed by atoms with Crippen LogP contribution in [0.2, 0.25) is 0 Å². The highest BCUT2D eigenvalue weighted by molar-refractivity contribution is 5.74. The maximum absolute atomic E-state index is 10.0. The lowest BCUT2D eigenvalue weighted by molar-refractivity contribution is -0.208. The Bertz CT molecular complexity index is 110. The molecule has 1 amide bonds. The molecule has 0 aliphatic rings. The third-order valence-corrected chi connectivity index (χ3v) is 0.426. The number of hydrogen-bond acceptors (Lipinski definition) is 3. The normalized spacial score (nSPS) is 7.75. The average Bonchev–Trinajstić information content (AvgIpc) is 1.65. The summed E-state index contributed by atoms with van der Waals surface area (Å²) in [6.45, 7) is 4.39. The van der Waals surface area contributed by atoms with Crippen LogP contribution in [0.3, 0.4) is 0 Å². The Morgan fingerprint density at radius 2 is 2.38 bits per heavy atom. The summed E-state index contributed by atoms with van der Waals surface area (Å²) >= 11 is 0. The Hall–Kier alpha value is -1.03. The van der Waals surface area contributed by atoms with Gasteiger partial charge in [-0.25, -0.2) is 5.26 Å². The lowest BCUT2D eigenvalue weighted by atomic mass is 10.7. The fraction of sp³-hybridized carbons (Fsp3) is 0.250. The predicted octanol–water partition coefficient (Wildman–Crippen LogP) is 0.0833. The van der Waals surface area contributed by atoms with Gasteiger partial charge in [0.05, 0.1) is 0 Å². The largest absolute Gasteiger partial charge is 0.322 e. The predicted molar refractivity (Wildman–Crippen MR) is 26.7 cm³/mol. The number of rotatable bonds is 2. The van der Waals surface area contributed by atoms with Gasteiger partial charge in [-0.15, -0.1) is 0 Å². The van der Waals surface area contributed by atoms with Crippen LogP contribution < -0.4 is 5.32 Å². The minimum atomic E-state index is -0.330. The fourth-order valence-corrected chi connectivity index (χ4v) is 0.219. The van der Waals surface area contributed by atoms with Crippen LogP contribution in [0.5, 0.6) is 0 Å². The third kappa shape index (κ3) is 3.17. The van der Waals surface area contributed by atoms with E-state index in [2.05, 4.69) is 16.8 Å². The molecule has 4 nitrogen and oxygen atoms in total. The Morgan fingerprint density at radius 3 is 2.50 bits per heavy atom. The second-order valence-corrected chi connectivity index (χ2v) is 1.20. The summed E-state index contributed by atoms with van der Waals surface area (Å²) in [5, 5.41) is 9.86. The second-order valence-electron chi connectivity index (χ2n) is 1.20. The molecule has 2 N–H and O–H groups in total. The molecule has 0 aliphatic heterocycles. The van der Waals surface area contributed by atoms with Crippen LogP contribution in [-0.2, 0) is 9.68 Å². The molecular formula is C4H7NO3. The van der Waals surface area contributed by atoms with Crippen LogP contribution >= 0.6 is 0 Å². The van der Waals surface area contributed by atoms with Gasteiger partial charge in [0, 0.05) is 6.92 Å². The van der Waals surface area contributed by atoms with E-state index in [4.69, 9.17) is 5.26 Å². The van der Waals surface area contributed by atoms with E-state index in [-0.39, 0.29) is 11.8 Å². The van der Waals surface area contributed by atoms with Crippen LogP contribution in [0.1, 0.15) is 6.92 Å². The minimum Gasteiger partial charge on any atom is -0.322 e. The molecular weight excluding hydrogens is 110 g/mol. The molecule has 0 aliphatic carbocycles. The van der Waals surface area contributed by atoms with Crippen molar-refractivity contribution >= 4 is 5.91 Å². The van der Waals surface area contributed by atoms with Gasteiger partial charge in [0.25, 0.3) is 0 Å². The number of nitrogens with one attached hydrogen (secondary N) is 1. The molecule has 4 heteroatoms.